The molecule has 3 nitrogen and oxygen atoms in total. The summed E-state index contributed by atoms with van der Waals surface area (Å²) < 4.78 is 10.6. The number of carbonyl (C=O) groups is 1. The molecule has 0 saturated carbocycles. The van der Waals surface area contributed by atoms with Crippen LogP contribution in [0.2, 0.25) is 0 Å². The Morgan fingerprint density at radius 1 is 0.686 bits per heavy atom. The standard InChI is InChI=1S/C32H42O3/c1-3-4-5-6-7-8-9-10-11-12-13-14-15-16-17-18-27-35-31-25-23-29(24-26-31)28-19-21-30(22-20-28)32(33)34-2/h4-5,7-8,10-11,19-26H,3,6,9,12-18,27H2,1-2H3/b5-4-,8-7-,11-10-. The van der Waals surface area contributed by atoms with Gasteiger partial charge in [-0.2, -0.15) is 0 Å². The number of benzene rings is 2. The van der Waals surface area contributed by atoms with Crippen LogP contribution in [0.15, 0.2) is 85.0 Å². The van der Waals surface area contributed by atoms with Crippen molar-refractivity contribution in [3.05, 3.63) is 90.6 Å². The highest BCUT2D eigenvalue weighted by Gasteiger charge is 2.05. The van der Waals surface area contributed by atoms with Crippen molar-refractivity contribution in [3.8, 4) is 16.9 Å². The molecule has 0 heterocycles. The summed E-state index contributed by atoms with van der Waals surface area (Å²) >= 11 is 0. The number of hydrogen-bond acceptors (Lipinski definition) is 3. The Morgan fingerprint density at radius 3 is 1.86 bits per heavy atom. The molecule has 2 aromatic carbocycles. The van der Waals surface area contributed by atoms with Gasteiger partial charge in [-0.3, -0.25) is 0 Å². The van der Waals surface area contributed by atoms with Gasteiger partial charge in [0.2, 0.25) is 0 Å². The average molecular weight is 475 g/mol. The van der Waals surface area contributed by atoms with Crippen LogP contribution in [0.5, 0.6) is 5.75 Å². The first-order valence-electron chi connectivity index (χ1n) is 13.1. The third-order valence-electron chi connectivity index (χ3n) is 5.81. The van der Waals surface area contributed by atoms with E-state index in [9.17, 15) is 4.79 Å². The van der Waals surface area contributed by atoms with Crippen LogP contribution in [0.4, 0.5) is 0 Å². The highest BCUT2D eigenvalue weighted by atomic mass is 16.5. The zero-order chi connectivity index (χ0) is 25.0. The van der Waals surface area contributed by atoms with Crippen molar-refractivity contribution in [1.29, 1.82) is 0 Å². The molecule has 0 saturated heterocycles. The van der Waals surface area contributed by atoms with Crippen LogP contribution < -0.4 is 4.74 Å². The van der Waals surface area contributed by atoms with E-state index < -0.39 is 0 Å². The normalized spacial score (nSPS) is 11.6. The SMILES string of the molecule is CC/C=C\C/C=C\C/C=C\CCCCCCCCOc1ccc(-c2ccc(C(=O)OC)cc2)cc1. The van der Waals surface area contributed by atoms with Crippen LogP contribution in [-0.2, 0) is 4.74 Å². The minimum Gasteiger partial charge on any atom is -0.494 e. The lowest BCUT2D eigenvalue weighted by molar-refractivity contribution is 0.0600. The number of hydrogen-bond donors (Lipinski definition) is 0. The van der Waals surface area contributed by atoms with Gasteiger partial charge in [0.1, 0.15) is 5.75 Å². The molecular weight excluding hydrogens is 432 g/mol. The van der Waals surface area contributed by atoms with E-state index >= 15 is 0 Å². The fourth-order valence-corrected chi connectivity index (χ4v) is 3.75. The van der Waals surface area contributed by atoms with E-state index in [2.05, 4.69) is 55.5 Å². The van der Waals surface area contributed by atoms with Gasteiger partial charge in [-0.05, 0) is 73.9 Å². The summed E-state index contributed by atoms with van der Waals surface area (Å²) in [6.45, 7) is 2.93. The van der Waals surface area contributed by atoms with E-state index in [0.717, 1.165) is 49.2 Å². The van der Waals surface area contributed by atoms with Crippen molar-refractivity contribution in [2.75, 3.05) is 13.7 Å². The molecule has 0 aliphatic heterocycles. The molecule has 0 aromatic heterocycles. The minimum atomic E-state index is -0.317. The van der Waals surface area contributed by atoms with Crippen LogP contribution in [-0.4, -0.2) is 19.7 Å². The molecule has 0 unspecified atom stereocenters. The van der Waals surface area contributed by atoms with E-state index in [1.807, 2.05) is 24.3 Å². The van der Waals surface area contributed by atoms with Crippen molar-refractivity contribution in [3.63, 3.8) is 0 Å². The van der Waals surface area contributed by atoms with E-state index in [4.69, 9.17) is 9.47 Å². The monoisotopic (exact) mass is 474 g/mol. The molecule has 3 heteroatoms. The van der Waals surface area contributed by atoms with Gasteiger partial charge < -0.3 is 9.47 Å². The Balaban J connectivity index is 1.49. The largest absolute Gasteiger partial charge is 0.494 e. The Hall–Kier alpha value is -3.07. The molecule has 0 N–H and O–H groups in total. The second-order valence-corrected chi connectivity index (χ2v) is 8.65. The number of methoxy groups -OCH3 is 1. The lowest BCUT2D eigenvalue weighted by atomic mass is 10.0. The molecule has 0 bridgehead atoms. The van der Waals surface area contributed by atoms with Crippen LogP contribution >= 0.6 is 0 Å². The summed E-state index contributed by atoms with van der Waals surface area (Å²) in [5.41, 5.74) is 2.72. The van der Waals surface area contributed by atoms with Crippen molar-refractivity contribution < 1.29 is 14.3 Å². The van der Waals surface area contributed by atoms with Gasteiger partial charge in [0.15, 0.2) is 0 Å². The molecule has 35 heavy (non-hydrogen) atoms. The maximum absolute atomic E-state index is 11.6. The molecule has 2 rings (SSSR count). The Kier molecular flexibility index (Phi) is 14.7. The molecule has 0 fully saturated rings. The van der Waals surface area contributed by atoms with E-state index in [1.54, 1.807) is 12.1 Å². The maximum atomic E-state index is 11.6. The number of ether oxygens (including phenoxy) is 2. The van der Waals surface area contributed by atoms with Gasteiger partial charge in [0.25, 0.3) is 0 Å². The molecule has 2 aromatic rings. The number of unbranched alkanes of at least 4 members (excludes halogenated alkanes) is 6. The molecular formula is C32H42O3. The quantitative estimate of drug-likeness (QED) is 0.130. The van der Waals surface area contributed by atoms with Crippen molar-refractivity contribution in [2.45, 2.75) is 71.1 Å². The fourth-order valence-electron chi connectivity index (χ4n) is 3.75. The van der Waals surface area contributed by atoms with E-state index in [1.165, 1.54) is 45.6 Å². The van der Waals surface area contributed by atoms with Gasteiger partial charge >= 0.3 is 5.97 Å². The predicted molar refractivity (Wildman–Crippen MR) is 148 cm³/mol. The first-order chi connectivity index (χ1) is 17.2. The van der Waals surface area contributed by atoms with Crippen LogP contribution in [0.3, 0.4) is 0 Å². The number of rotatable bonds is 17. The van der Waals surface area contributed by atoms with Crippen molar-refractivity contribution >= 4 is 5.97 Å². The summed E-state index contributed by atoms with van der Waals surface area (Å²) in [5.74, 6) is 0.585. The van der Waals surface area contributed by atoms with Crippen LogP contribution in [0, 0.1) is 0 Å². The molecule has 0 aliphatic rings. The second kappa shape index (κ2) is 18.3. The smallest absolute Gasteiger partial charge is 0.337 e. The summed E-state index contributed by atoms with van der Waals surface area (Å²) in [5, 5.41) is 0. The van der Waals surface area contributed by atoms with Crippen molar-refractivity contribution in [1.82, 2.24) is 0 Å². The molecule has 0 amide bonds. The first-order valence-corrected chi connectivity index (χ1v) is 13.1. The maximum Gasteiger partial charge on any atom is 0.337 e. The molecule has 0 aliphatic carbocycles. The second-order valence-electron chi connectivity index (χ2n) is 8.65. The fraction of sp³-hybridized carbons (Fsp3) is 0.406. The van der Waals surface area contributed by atoms with E-state index in [0.29, 0.717) is 5.56 Å². The van der Waals surface area contributed by atoms with Gasteiger partial charge in [0, 0.05) is 0 Å². The minimum absolute atomic E-state index is 0.317. The molecule has 0 radical (unpaired) electrons. The summed E-state index contributed by atoms with van der Waals surface area (Å²) in [7, 11) is 1.39. The highest BCUT2D eigenvalue weighted by Crippen LogP contribution is 2.23. The van der Waals surface area contributed by atoms with Gasteiger partial charge in [-0.1, -0.05) is 93.3 Å². The number of allylic oxidation sites excluding steroid dienone is 6. The van der Waals surface area contributed by atoms with Gasteiger partial charge in [-0.25, -0.2) is 4.79 Å². The lowest BCUT2D eigenvalue weighted by Crippen LogP contribution is -2.00. The Morgan fingerprint density at radius 2 is 1.23 bits per heavy atom. The topological polar surface area (TPSA) is 35.5 Å². The highest BCUT2D eigenvalue weighted by molar-refractivity contribution is 5.89. The summed E-state index contributed by atoms with van der Waals surface area (Å²) in [4.78, 5) is 11.6. The first kappa shape index (κ1) is 28.2. The molecule has 0 atom stereocenters. The van der Waals surface area contributed by atoms with Gasteiger partial charge in [0.05, 0.1) is 19.3 Å². The molecule has 188 valence electrons. The summed E-state index contributed by atoms with van der Waals surface area (Å²) in [6.07, 6.45) is 25.4. The third-order valence-corrected chi connectivity index (χ3v) is 5.81. The van der Waals surface area contributed by atoms with Crippen LogP contribution in [0.25, 0.3) is 11.1 Å². The zero-order valence-corrected chi connectivity index (χ0v) is 21.6. The van der Waals surface area contributed by atoms with E-state index in [-0.39, 0.29) is 5.97 Å². The number of carbonyl (C=O) groups excluding carboxylic acids is 1. The zero-order valence-electron chi connectivity index (χ0n) is 21.6. The predicted octanol–water partition coefficient (Wildman–Crippen LogP) is 9.11. The molecule has 0 spiro atoms. The lowest BCUT2D eigenvalue weighted by Gasteiger charge is -2.08. The Bertz CT molecular complexity index is 905. The van der Waals surface area contributed by atoms with Crippen LogP contribution in [0.1, 0.15) is 81.5 Å². The summed E-state index contributed by atoms with van der Waals surface area (Å²) in [6, 6.07) is 15.6. The number of esters is 1. The van der Waals surface area contributed by atoms with Gasteiger partial charge in [-0.15, -0.1) is 0 Å². The van der Waals surface area contributed by atoms with Crippen molar-refractivity contribution in [2.24, 2.45) is 0 Å². The average Bonchev–Trinajstić information content (AvgIpc) is 2.90. The third kappa shape index (κ3) is 12.3. The Labute approximate surface area is 212 Å².